The summed E-state index contributed by atoms with van der Waals surface area (Å²) in [6, 6.07) is 13.3. The van der Waals surface area contributed by atoms with Gasteiger partial charge >= 0.3 is 0 Å². The highest BCUT2D eigenvalue weighted by Gasteiger charge is 2.47. The second kappa shape index (κ2) is 5.35. The number of hydrogen-bond donors (Lipinski definition) is 0. The lowest BCUT2D eigenvalue weighted by molar-refractivity contribution is 0.00119. The summed E-state index contributed by atoms with van der Waals surface area (Å²) in [5, 5.41) is 9.83. The van der Waals surface area contributed by atoms with Crippen LogP contribution < -0.4 is 0 Å². The van der Waals surface area contributed by atoms with Crippen LogP contribution in [0.25, 0.3) is 0 Å². The van der Waals surface area contributed by atoms with Gasteiger partial charge in [0.2, 0.25) is 0 Å². The first kappa shape index (κ1) is 12.7. The van der Waals surface area contributed by atoms with Crippen LogP contribution in [0.5, 0.6) is 0 Å². The molecular formula is C17H22N2. The molecular weight excluding hydrogens is 232 g/mol. The maximum absolute atomic E-state index is 9.83. The summed E-state index contributed by atoms with van der Waals surface area (Å²) >= 11 is 0. The fourth-order valence-electron chi connectivity index (χ4n) is 4.00. The number of nitrogens with zero attached hydrogens (tertiary/aromatic N) is 2. The Hall–Kier alpha value is -1.33. The fourth-order valence-corrected chi connectivity index (χ4v) is 4.00. The Morgan fingerprint density at radius 2 is 1.95 bits per heavy atom. The van der Waals surface area contributed by atoms with Crippen molar-refractivity contribution < 1.29 is 0 Å². The molecule has 1 saturated carbocycles. The summed E-state index contributed by atoms with van der Waals surface area (Å²) in [6.45, 7) is 2.02. The molecule has 2 fully saturated rings. The third kappa shape index (κ3) is 2.28. The zero-order chi connectivity index (χ0) is 13.1. The molecule has 0 aromatic heterocycles. The van der Waals surface area contributed by atoms with Crippen molar-refractivity contribution in [3.63, 3.8) is 0 Å². The monoisotopic (exact) mass is 254 g/mol. The molecule has 0 bridgehead atoms. The molecule has 1 aromatic rings. The Balaban J connectivity index is 1.84. The Morgan fingerprint density at radius 1 is 1.16 bits per heavy atom. The highest BCUT2D eigenvalue weighted by atomic mass is 15.2. The van der Waals surface area contributed by atoms with Gasteiger partial charge in [-0.05, 0) is 37.2 Å². The van der Waals surface area contributed by atoms with Crippen molar-refractivity contribution in [2.24, 2.45) is 5.92 Å². The molecule has 2 aliphatic rings. The summed E-state index contributed by atoms with van der Waals surface area (Å²) < 4.78 is 0. The largest absolute Gasteiger partial charge is 0.281 e. The predicted molar refractivity (Wildman–Crippen MR) is 76.4 cm³/mol. The number of rotatable bonds is 2. The number of nitriles is 1. The second-order valence-electron chi connectivity index (χ2n) is 6.03. The van der Waals surface area contributed by atoms with E-state index in [1.807, 2.05) is 0 Å². The minimum absolute atomic E-state index is 0.174. The van der Waals surface area contributed by atoms with E-state index >= 15 is 0 Å². The maximum Gasteiger partial charge on any atom is 0.112 e. The van der Waals surface area contributed by atoms with Crippen molar-refractivity contribution in [3.8, 4) is 6.07 Å². The molecule has 0 unspecified atom stereocenters. The van der Waals surface area contributed by atoms with Gasteiger partial charge in [-0.25, -0.2) is 0 Å². The van der Waals surface area contributed by atoms with Gasteiger partial charge in [-0.3, -0.25) is 4.90 Å². The number of likely N-dealkylation sites (tertiary alicyclic amines) is 1. The lowest BCUT2D eigenvalue weighted by Crippen LogP contribution is -2.57. The average Bonchev–Trinajstić information content (AvgIpc) is 2.49. The molecule has 19 heavy (non-hydrogen) atoms. The number of benzene rings is 1. The molecule has 3 rings (SSSR count). The normalized spacial score (nSPS) is 31.4. The van der Waals surface area contributed by atoms with E-state index < -0.39 is 0 Å². The van der Waals surface area contributed by atoms with Crippen LogP contribution in [0.2, 0.25) is 0 Å². The topological polar surface area (TPSA) is 27.0 Å². The molecule has 1 aliphatic carbocycles. The Labute approximate surface area is 116 Å². The van der Waals surface area contributed by atoms with Crippen molar-refractivity contribution in [1.29, 1.82) is 5.26 Å². The van der Waals surface area contributed by atoms with E-state index in [-0.39, 0.29) is 5.54 Å². The average molecular weight is 254 g/mol. The molecule has 1 aromatic carbocycles. The number of fused-ring (bicyclic) bond motifs is 1. The van der Waals surface area contributed by atoms with Crippen molar-refractivity contribution >= 4 is 0 Å². The summed E-state index contributed by atoms with van der Waals surface area (Å²) in [7, 11) is 0. The van der Waals surface area contributed by atoms with E-state index in [1.54, 1.807) is 0 Å². The minimum atomic E-state index is -0.174. The van der Waals surface area contributed by atoms with Crippen LogP contribution in [0.3, 0.4) is 0 Å². The molecule has 0 radical (unpaired) electrons. The minimum Gasteiger partial charge on any atom is -0.281 e. The first-order valence-electron chi connectivity index (χ1n) is 7.55. The molecule has 1 saturated heterocycles. The third-order valence-electron chi connectivity index (χ3n) is 4.99. The van der Waals surface area contributed by atoms with Gasteiger partial charge in [-0.2, -0.15) is 5.26 Å². The van der Waals surface area contributed by atoms with E-state index in [4.69, 9.17) is 0 Å². The van der Waals surface area contributed by atoms with E-state index in [0.717, 1.165) is 19.5 Å². The Bertz CT molecular complexity index is 460. The zero-order valence-corrected chi connectivity index (χ0v) is 11.5. The van der Waals surface area contributed by atoms with Gasteiger partial charge in [-0.1, -0.05) is 43.2 Å². The molecule has 0 N–H and O–H groups in total. The van der Waals surface area contributed by atoms with Crippen LogP contribution in [-0.4, -0.2) is 17.0 Å². The number of hydrogen-bond acceptors (Lipinski definition) is 2. The first-order valence-corrected chi connectivity index (χ1v) is 7.55. The van der Waals surface area contributed by atoms with Crippen LogP contribution in [-0.2, 0) is 6.54 Å². The van der Waals surface area contributed by atoms with E-state index in [9.17, 15) is 5.26 Å². The highest BCUT2D eigenvalue weighted by molar-refractivity contribution is 5.19. The molecule has 1 aliphatic heterocycles. The SMILES string of the molecule is N#C[C@@]12CCCC[C@H]1CCCN2Cc1ccccc1. The summed E-state index contributed by atoms with van der Waals surface area (Å²) in [6.07, 6.45) is 7.35. The van der Waals surface area contributed by atoms with E-state index in [2.05, 4.69) is 41.3 Å². The third-order valence-corrected chi connectivity index (χ3v) is 4.99. The second-order valence-corrected chi connectivity index (χ2v) is 6.03. The molecule has 2 nitrogen and oxygen atoms in total. The van der Waals surface area contributed by atoms with Crippen LogP contribution >= 0.6 is 0 Å². The van der Waals surface area contributed by atoms with Crippen LogP contribution in [0, 0.1) is 17.2 Å². The van der Waals surface area contributed by atoms with E-state index in [0.29, 0.717) is 5.92 Å². The van der Waals surface area contributed by atoms with Gasteiger partial charge in [0.25, 0.3) is 0 Å². The van der Waals surface area contributed by atoms with Gasteiger partial charge in [0, 0.05) is 13.1 Å². The summed E-state index contributed by atoms with van der Waals surface area (Å²) in [5.74, 6) is 0.601. The number of piperidine rings is 1. The Morgan fingerprint density at radius 3 is 2.74 bits per heavy atom. The predicted octanol–water partition coefficient (Wildman–Crippen LogP) is 3.73. The molecule has 0 amide bonds. The van der Waals surface area contributed by atoms with Crippen molar-refractivity contribution in [2.75, 3.05) is 6.54 Å². The van der Waals surface area contributed by atoms with Crippen molar-refractivity contribution in [2.45, 2.75) is 50.6 Å². The zero-order valence-electron chi connectivity index (χ0n) is 11.5. The molecule has 0 spiro atoms. The maximum atomic E-state index is 9.83. The smallest absolute Gasteiger partial charge is 0.112 e. The lowest BCUT2D eigenvalue weighted by atomic mass is 9.68. The standard InChI is InChI=1S/C17H22N2/c18-14-17-11-5-4-9-16(17)10-6-12-19(17)13-15-7-2-1-3-8-15/h1-3,7-8,16H,4-6,9-13H2/t16-,17-/m0/s1. The molecule has 1 heterocycles. The van der Waals surface area contributed by atoms with Crippen LogP contribution in [0.15, 0.2) is 30.3 Å². The van der Waals surface area contributed by atoms with Crippen molar-refractivity contribution in [1.82, 2.24) is 4.90 Å². The molecule has 2 heteroatoms. The van der Waals surface area contributed by atoms with E-state index in [1.165, 1.54) is 37.7 Å². The van der Waals surface area contributed by atoms with Gasteiger partial charge in [0.15, 0.2) is 0 Å². The highest BCUT2D eigenvalue weighted by Crippen LogP contribution is 2.44. The van der Waals surface area contributed by atoms with Gasteiger partial charge in [-0.15, -0.1) is 0 Å². The fraction of sp³-hybridized carbons (Fsp3) is 0.588. The van der Waals surface area contributed by atoms with Gasteiger partial charge in [0.05, 0.1) is 6.07 Å². The summed E-state index contributed by atoms with van der Waals surface area (Å²) in [5.41, 5.74) is 1.16. The Kier molecular flexibility index (Phi) is 3.57. The lowest BCUT2D eigenvalue weighted by Gasteiger charge is -2.50. The summed E-state index contributed by atoms with van der Waals surface area (Å²) in [4.78, 5) is 2.47. The first-order chi connectivity index (χ1) is 9.35. The van der Waals surface area contributed by atoms with Crippen LogP contribution in [0.4, 0.5) is 0 Å². The van der Waals surface area contributed by atoms with Gasteiger partial charge < -0.3 is 0 Å². The van der Waals surface area contributed by atoms with Crippen molar-refractivity contribution in [3.05, 3.63) is 35.9 Å². The molecule has 100 valence electrons. The van der Waals surface area contributed by atoms with Gasteiger partial charge in [0.1, 0.15) is 5.54 Å². The molecule has 2 atom stereocenters. The quantitative estimate of drug-likeness (QED) is 0.804. The van der Waals surface area contributed by atoms with Crippen LogP contribution in [0.1, 0.15) is 44.1 Å².